The summed E-state index contributed by atoms with van der Waals surface area (Å²) in [5, 5.41) is 12.7. The van der Waals surface area contributed by atoms with Gasteiger partial charge in [-0.2, -0.15) is 5.10 Å². The van der Waals surface area contributed by atoms with Gasteiger partial charge in [0, 0.05) is 30.2 Å². The lowest BCUT2D eigenvalue weighted by atomic mass is 10.1. The maximum Gasteiger partial charge on any atom is 0.216 e. The van der Waals surface area contributed by atoms with Crippen molar-refractivity contribution in [1.29, 1.82) is 0 Å². The van der Waals surface area contributed by atoms with E-state index < -0.39 is 0 Å². The Morgan fingerprint density at radius 1 is 1.11 bits per heavy atom. The number of anilines is 2. The number of rotatable bonds is 6. The predicted octanol–water partition coefficient (Wildman–Crippen LogP) is 4.94. The molecule has 0 spiro atoms. The van der Waals surface area contributed by atoms with E-state index in [0.29, 0.717) is 60.3 Å². The Hall–Kier alpha value is -4.28. The first-order valence-corrected chi connectivity index (χ1v) is 11.9. The van der Waals surface area contributed by atoms with Gasteiger partial charge in [0.15, 0.2) is 0 Å². The van der Waals surface area contributed by atoms with Gasteiger partial charge in [0.2, 0.25) is 5.96 Å². The molecule has 3 aromatic carbocycles. The molecule has 0 aliphatic carbocycles. The summed E-state index contributed by atoms with van der Waals surface area (Å²) in [6, 6.07) is 16.7. The van der Waals surface area contributed by atoms with E-state index >= 15 is 0 Å². The van der Waals surface area contributed by atoms with Gasteiger partial charge >= 0.3 is 0 Å². The third-order valence-corrected chi connectivity index (χ3v) is 5.88. The summed E-state index contributed by atoms with van der Waals surface area (Å²) in [7, 11) is 0. The Kier molecular flexibility index (Phi) is 7.38. The Balaban J connectivity index is 1.33. The largest absolute Gasteiger partial charge is 0.456 e. The highest BCUT2D eigenvalue weighted by Gasteiger charge is 2.12. The van der Waals surface area contributed by atoms with Crippen LogP contribution in [0.15, 0.2) is 77.2 Å². The van der Waals surface area contributed by atoms with Crippen molar-refractivity contribution < 1.29 is 13.9 Å². The maximum atomic E-state index is 13.5. The lowest BCUT2D eigenvalue weighted by Gasteiger charge is -2.26. The molecule has 1 saturated heterocycles. The molecule has 9 nitrogen and oxygen atoms in total. The quantitative estimate of drug-likeness (QED) is 0.211. The van der Waals surface area contributed by atoms with Gasteiger partial charge in [-0.15, -0.1) is 5.10 Å². The van der Waals surface area contributed by atoms with E-state index in [2.05, 4.69) is 25.5 Å². The Labute approximate surface area is 217 Å². The summed E-state index contributed by atoms with van der Waals surface area (Å²) in [5.41, 5.74) is 8.28. The highest BCUT2D eigenvalue weighted by atomic mass is 35.5. The monoisotopic (exact) mass is 519 g/mol. The minimum Gasteiger partial charge on any atom is -0.456 e. The highest BCUT2D eigenvalue weighted by Crippen LogP contribution is 2.33. The topological polar surface area (TPSA) is 110 Å². The third-order valence-electron chi connectivity index (χ3n) is 5.58. The van der Waals surface area contributed by atoms with Crippen LogP contribution in [0.5, 0.6) is 11.5 Å². The van der Waals surface area contributed by atoms with Crippen LogP contribution in [0.1, 0.15) is 5.56 Å². The first kappa shape index (κ1) is 24.4. The minimum atomic E-state index is -0.390. The Morgan fingerprint density at radius 2 is 1.97 bits per heavy atom. The second-order valence-electron chi connectivity index (χ2n) is 8.13. The molecule has 1 fully saturated rings. The molecular weight excluding hydrogens is 497 g/mol. The molecule has 0 saturated carbocycles. The molecule has 0 unspecified atom stereocenters. The molecule has 3 N–H and O–H groups in total. The molecule has 0 atom stereocenters. The van der Waals surface area contributed by atoms with Crippen LogP contribution < -0.4 is 15.8 Å². The number of nitrogens with zero attached hydrogens (tertiary/aromatic N) is 5. The number of nitrogens with two attached hydrogens (primary N) is 1. The minimum absolute atomic E-state index is 0.354. The fourth-order valence-corrected chi connectivity index (χ4v) is 3.94. The number of aromatic nitrogens is 2. The van der Waals surface area contributed by atoms with Crippen molar-refractivity contribution in [2.45, 2.75) is 0 Å². The second kappa shape index (κ2) is 11.2. The fraction of sp³-hybridized carbons (Fsp3) is 0.154. The second-order valence-corrected chi connectivity index (χ2v) is 8.54. The van der Waals surface area contributed by atoms with E-state index in [0.717, 1.165) is 16.5 Å². The van der Waals surface area contributed by atoms with Gasteiger partial charge in [-0.25, -0.2) is 14.4 Å². The van der Waals surface area contributed by atoms with E-state index in [9.17, 15) is 4.39 Å². The lowest BCUT2D eigenvalue weighted by Crippen LogP contribution is -2.44. The van der Waals surface area contributed by atoms with Crippen molar-refractivity contribution in [3.05, 3.63) is 83.4 Å². The molecule has 188 valence electrons. The van der Waals surface area contributed by atoms with Crippen LogP contribution >= 0.6 is 11.6 Å². The van der Waals surface area contributed by atoms with Crippen LogP contribution in [-0.2, 0) is 4.74 Å². The number of hydrogen-bond donors (Lipinski definition) is 2. The molecule has 0 radical (unpaired) electrons. The Morgan fingerprint density at radius 3 is 2.78 bits per heavy atom. The van der Waals surface area contributed by atoms with Crippen LogP contribution in [-0.4, -0.2) is 53.3 Å². The fourth-order valence-electron chi connectivity index (χ4n) is 3.72. The smallest absolute Gasteiger partial charge is 0.216 e. The summed E-state index contributed by atoms with van der Waals surface area (Å²) >= 11 is 6.43. The number of hydrogen-bond acceptors (Lipinski definition) is 7. The lowest BCUT2D eigenvalue weighted by molar-refractivity contribution is 0.0674. The standard InChI is InChI=1S/C26H23ClFN7O2/c27-22-14-19(5-7-24(22)37-20-3-1-2-18(28)13-20)33-25-21-12-17(4-6-23(21)30-16-31-25)15-32-34-26(29)35-8-10-36-11-9-35/h1-7,12-16H,8-11H2,(H2,29,34)(H,30,31,33). The number of nitrogens with one attached hydrogen (secondary N) is 1. The number of guanidine groups is 1. The summed E-state index contributed by atoms with van der Waals surface area (Å²) in [6.07, 6.45) is 3.10. The molecule has 5 rings (SSSR count). The molecule has 1 aromatic heterocycles. The third kappa shape index (κ3) is 6.11. The molecule has 2 heterocycles. The zero-order valence-electron chi connectivity index (χ0n) is 19.6. The normalized spacial score (nSPS) is 14.3. The van der Waals surface area contributed by atoms with Gasteiger partial charge < -0.3 is 25.4 Å². The van der Waals surface area contributed by atoms with Crippen LogP contribution in [0, 0.1) is 5.82 Å². The average molecular weight is 520 g/mol. The van der Waals surface area contributed by atoms with Crippen molar-refractivity contribution in [3.63, 3.8) is 0 Å². The van der Waals surface area contributed by atoms with Crippen molar-refractivity contribution in [3.8, 4) is 11.5 Å². The Bertz CT molecular complexity index is 1470. The number of fused-ring (bicyclic) bond motifs is 1. The average Bonchev–Trinajstić information content (AvgIpc) is 2.91. The molecular formula is C26H23ClFN7O2. The maximum absolute atomic E-state index is 13.5. The molecule has 0 amide bonds. The van der Waals surface area contributed by atoms with Crippen molar-refractivity contribution in [2.24, 2.45) is 15.9 Å². The molecule has 37 heavy (non-hydrogen) atoms. The van der Waals surface area contributed by atoms with Gasteiger partial charge in [0.25, 0.3) is 0 Å². The van der Waals surface area contributed by atoms with E-state index in [4.69, 9.17) is 26.8 Å². The van der Waals surface area contributed by atoms with Gasteiger partial charge in [-0.05, 0) is 48.0 Å². The first-order valence-electron chi connectivity index (χ1n) is 11.5. The van der Waals surface area contributed by atoms with Crippen LogP contribution in [0.2, 0.25) is 5.02 Å². The highest BCUT2D eigenvalue weighted by molar-refractivity contribution is 6.32. The number of halogens is 2. The summed E-state index contributed by atoms with van der Waals surface area (Å²) in [5.74, 6) is 1.31. The summed E-state index contributed by atoms with van der Waals surface area (Å²) in [4.78, 5) is 10.7. The van der Waals surface area contributed by atoms with E-state index in [1.165, 1.54) is 18.5 Å². The van der Waals surface area contributed by atoms with Crippen LogP contribution in [0.3, 0.4) is 0 Å². The number of benzene rings is 3. The van der Waals surface area contributed by atoms with Gasteiger partial charge in [0.1, 0.15) is 29.5 Å². The number of ether oxygens (including phenoxy) is 2. The zero-order chi connectivity index (χ0) is 25.6. The van der Waals surface area contributed by atoms with Crippen LogP contribution in [0.25, 0.3) is 10.9 Å². The van der Waals surface area contributed by atoms with Crippen molar-refractivity contribution in [2.75, 3.05) is 31.6 Å². The summed E-state index contributed by atoms with van der Waals surface area (Å²) in [6.45, 7) is 2.62. The van der Waals surface area contributed by atoms with E-state index in [-0.39, 0.29) is 5.82 Å². The summed E-state index contributed by atoms with van der Waals surface area (Å²) < 4.78 is 24.5. The van der Waals surface area contributed by atoms with Crippen molar-refractivity contribution >= 4 is 46.2 Å². The van der Waals surface area contributed by atoms with Gasteiger partial charge in [-0.1, -0.05) is 23.7 Å². The van der Waals surface area contributed by atoms with E-state index in [1.807, 2.05) is 23.1 Å². The molecule has 1 aliphatic rings. The predicted molar refractivity (Wildman–Crippen MR) is 142 cm³/mol. The van der Waals surface area contributed by atoms with E-state index in [1.54, 1.807) is 36.5 Å². The first-order chi connectivity index (χ1) is 18.0. The zero-order valence-corrected chi connectivity index (χ0v) is 20.4. The van der Waals surface area contributed by atoms with Crippen LogP contribution in [0.4, 0.5) is 15.9 Å². The van der Waals surface area contributed by atoms with Crippen molar-refractivity contribution in [1.82, 2.24) is 14.9 Å². The SMILES string of the molecule is NC(=NN=Cc1ccc2ncnc(Nc3ccc(Oc4cccc(F)c4)c(Cl)c3)c2c1)N1CCOCC1. The molecule has 1 aliphatic heterocycles. The molecule has 4 aromatic rings. The molecule has 0 bridgehead atoms. The molecule has 11 heteroatoms. The van der Waals surface area contributed by atoms with Gasteiger partial charge in [-0.3, -0.25) is 0 Å². The van der Waals surface area contributed by atoms with Gasteiger partial charge in [0.05, 0.1) is 30.0 Å². The number of morpholine rings is 1.